The van der Waals surface area contributed by atoms with E-state index >= 15 is 0 Å². The smallest absolute Gasteiger partial charge is 0.312 e. The third kappa shape index (κ3) is 4.06. The van der Waals surface area contributed by atoms with Crippen LogP contribution in [0.5, 0.6) is 0 Å². The number of aliphatic hydroxyl groups is 1. The number of ketones is 2. The summed E-state index contributed by atoms with van der Waals surface area (Å²) >= 11 is 0. The van der Waals surface area contributed by atoms with E-state index in [4.69, 9.17) is 4.74 Å². The van der Waals surface area contributed by atoms with Crippen LogP contribution in [0, 0.1) is 46.3 Å². The minimum absolute atomic E-state index is 0.0461. The second-order valence-electron chi connectivity index (χ2n) is 12.6. The molecule has 194 valence electrons. The Morgan fingerprint density at radius 1 is 1.23 bits per heavy atom. The Balaban J connectivity index is 1.58. The molecule has 5 heteroatoms. The van der Waals surface area contributed by atoms with Crippen LogP contribution in [0.15, 0.2) is 23.3 Å². The van der Waals surface area contributed by atoms with E-state index in [2.05, 4.69) is 27.4 Å². The van der Waals surface area contributed by atoms with E-state index in [9.17, 15) is 19.5 Å². The molecule has 0 aliphatic heterocycles. The van der Waals surface area contributed by atoms with Gasteiger partial charge in [0.1, 0.15) is 5.78 Å². The van der Waals surface area contributed by atoms with Gasteiger partial charge in [-0.25, -0.2) is 0 Å². The van der Waals surface area contributed by atoms with E-state index in [1.54, 1.807) is 0 Å². The number of fused-ring (bicyclic) bond motifs is 4. The molecule has 0 bridgehead atoms. The summed E-state index contributed by atoms with van der Waals surface area (Å²) in [6.07, 6.45) is 5.50. The first-order valence-corrected chi connectivity index (χ1v) is 13.6. The van der Waals surface area contributed by atoms with Crippen LogP contribution >= 0.6 is 0 Å². The van der Waals surface area contributed by atoms with Crippen LogP contribution in [0.1, 0.15) is 86.0 Å². The average Bonchev–Trinajstić information content (AvgIpc) is 3.16. The van der Waals surface area contributed by atoms with Crippen molar-refractivity contribution in [3.8, 4) is 0 Å². The van der Waals surface area contributed by atoms with Crippen molar-refractivity contribution in [1.29, 1.82) is 0 Å². The van der Waals surface area contributed by atoms with Gasteiger partial charge in [-0.1, -0.05) is 39.8 Å². The summed E-state index contributed by atoms with van der Waals surface area (Å²) in [7, 11) is 1.41. The number of hydrogen-bond acceptors (Lipinski definition) is 5. The Labute approximate surface area is 210 Å². The number of rotatable bonds is 6. The monoisotopic (exact) mass is 484 g/mol. The quantitative estimate of drug-likeness (QED) is 0.400. The van der Waals surface area contributed by atoms with Crippen molar-refractivity contribution in [2.45, 2.75) is 92.1 Å². The Bertz CT molecular complexity index is 962. The van der Waals surface area contributed by atoms with E-state index in [0.717, 1.165) is 48.8 Å². The molecule has 4 rings (SSSR count). The molecule has 1 N–H and O–H groups in total. The fourth-order valence-electron chi connectivity index (χ4n) is 8.67. The first kappa shape index (κ1) is 26.3. The Morgan fingerprint density at radius 2 is 1.91 bits per heavy atom. The number of esters is 1. The van der Waals surface area contributed by atoms with Crippen LogP contribution in [-0.4, -0.2) is 35.9 Å². The molecule has 4 aliphatic carbocycles. The summed E-state index contributed by atoms with van der Waals surface area (Å²) in [5.41, 5.74) is 2.34. The van der Waals surface area contributed by atoms with Crippen LogP contribution < -0.4 is 0 Å². The van der Waals surface area contributed by atoms with Gasteiger partial charge in [0.25, 0.3) is 0 Å². The molecule has 2 saturated carbocycles. The minimum Gasteiger partial charge on any atom is -0.469 e. The number of Topliss-reactive ketones (excluding diaryl/α,β-unsaturated/α-hetero) is 2. The number of ether oxygens (including phenoxy) is 1. The third-order valence-electron chi connectivity index (χ3n) is 10.9. The predicted octanol–water partition coefficient (Wildman–Crippen LogP) is 5.46. The molecule has 2 fully saturated rings. The zero-order valence-corrected chi connectivity index (χ0v) is 22.5. The molecule has 0 radical (unpaired) electrons. The lowest BCUT2D eigenvalue weighted by Crippen LogP contribution is -2.54. The van der Waals surface area contributed by atoms with Crippen LogP contribution in [0.25, 0.3) is 0 Å². The molecule has 4 aliphatic rings. The van der Waals surface area contributed by atoms with Gasteiger partial charge in [0.2, 0.25) is 0 Å². The summed E-state index contributed by atoms with van der Waals surface area (Å²) in [6.45, 7) is 14.7. The molecule has 0 heterocycles. The lowest BCUT2D eigenvalue weighted by molar-refractivity contribution is -0.143. The van der Waals surface area contributed by atoms with Gasteiger partial charge < -0.3 is 9.84 Å². The molecule has 0 saturated heterocycles. The molecule has 0 aromatic heterocycles. The molecule has 0 spiro atoms. The summed E-state index contributed by atoms with van der Waals surface area (Å²) in [5.74, 6) is 0.864. The molecule has 0 aromatic rings. The first-order valence-electron chi connectivity index (χ1n) is 13.6. The standard InChI is InChI=1S/C30H44O5/c1-16(18(3)28(34)35-7)8-9-17(2)20-10-11-21-26-24(32)14-22-19(4)23(31)12-13-29(22,5)27(26)25(33)15-30(20,21)6/h17-22,24,32H,1,8-15H2,2-7H3/t17-,18?,19+,20-,21+,22+,24+,29+,30-/m1/s1. The van der Waals surface area contributed by atoms with Crippen molar-refractivity contribution in [3.05, 3.63) is 23.3 Å². The summed E-state index contributed by atoms with van der Waals surface area (Å²) in [5, 5.41) is 11.4. The maximum atomic E-state index is 13.9. The molecular formula is C30H44O5. The van der Waals surface area contributed by atoms with E-state index in [-0.39, 0.29) is 52.0 Å². The van der Waals surface area contributed by atoms with Crippen molar-refractivity contribution in [2.75, 3.05) is 7.11 Å². The Morgan fingerprint density at radius 3 is 2.57 bits per heavy atom. The van der Waals surface area contributed by atoms with Crippen molar-refractivity contribution < 1.29 is 24.2 Å². The lowest BCUT2D eigenvalue weighted by Gasteiger charge is -2.55. The second-order valence-corrected chi connectivity index (χ2v) is 12.6. The van der Waals surface area contributed by atoms with Gasteiger partial charge in [0.05, 0.1) is 19.1 Å². The van der Waals surface area contributed by atoms with Gasteiger partial charge in [0, 0.05) is 29.7 Å². The van der Waals surface area contributed by atoms with Gasteiger partial charge >= 0.3 is 5.97 Å². The van der Waals surface area contributed by atoms with Gasteiger partial charge in [-0.15, -0.1) is 0 Å². The van der Waals surface area contributed by atoms with Crippen LogP contribution in [0.3, 0.4) is 0 Å². The maximum absolute atomic E-state index is 13.9. The SMILES string of the molecule is C=C(CC[C@@H](C)[C@H]1CC[C@H]2C3=C(C(=O)C[C@]12C)[C@@]1(C)CCC(=O)[C@@H](C)[C@@H]1C[C@@H]3O)C(C)C(=O)OC. The number of hydrogen-bond donors (Lipinski definition) is 1. The van der Waals surface area contributed by atoms with Crippen molar-refractivity contribution in [3.63, 3.8) is 0 Å². The highest BCUT2D eigenvalue weighted by molar-refractivity contribution is 6.00. The molecule has 0 amide bonds. The molecule has 0 aromatic carbocycles. The van der Waals surface area contributed by atoms with Crippen LogP contribution in [0.2, 0.25) is 0 Å². The average molecular weight is 485 g/mol. The number of methoxy groups -OCH3 is 1. The molecule has 1 unspecified atom stereocenters. The third-order valence-corrected chi connectivity index (χ3v) is 10.9. The normalized spacial score (nSPS) is 40.5. The van der Waals surface area contributed by atoms with Crippen molar-refractivity contribution in [2.24, 2.45) is 46.3 Å². The largest absolute Gasteiger partial charge is 0.469 e. The number of allylic oxidation sites excluding steroid dienone is 1. The van der Waals surface area contributed by atoms with Gasteiger partial charge in [-0.05, 0) is 80.1 Å². The highest BCUT2D eigenvalue weighted by Crippen LogP contribution is 2.65. The second kappa shape index (κ2) is 9.28. The predicted molar refractivity (Wildman–Crippen MR) is 135 cm³/mol. The first-order chi connectivity index (χ1) is 16.4. The van der Waals surface area contributed by atoms with E-state index in [1.165, 1.54) is 7.11 Å². The highest BCUT2D eigenvalue weighted by atomic mass is 16.5. The molecular weight excluding hydrogens is 440 g/mol. The summed E-state index contributed by atoms with van der Waals surface area (Å²) in [4.78, 5) is 38.3. The Hall–Kier alpha value is -1.75. The van der Waals surface area contributed by atoms with Crippen molar-refractivity contribution >= 4 is 17.5 Å². The zero-order chi connectivity index (χ0) is 25.9. The van der Waals surface area contributed by atoms with Crippen LogP contribution in [0.4, 0.5) is 0 Å². The molecule has 35 heavy (non-hydrogen) atoms. The summed E-state index contributed by atoms with van der Waals surface area (Å²) < 4.78 is 4.87. The zero-order valence-electron chi connectivity index (χ0n) is 22.5. The van der Waals surface area contributed by atoms with E-state index in [0.29, 0.717) is 31.1 Å². The fourth-order valence-corrected chi connectivity index (χ4v) is 8.67. The van der Waals surface area contributed by atoms with E-state index in [1.807, 2.05) is 13.8 Å². The van der Waals surface area contributed by atoms with Gasteiger partial charge in [-0.2, -0.15) is 0 Å². The Kier molecular flexibility index (Phi) is 6.98. The van der Waals surface area contributed by atoms with Gasteiger partial charge in [-0.3, -0.25) is 14.4 Å². The molecule has 5 nitrogen and oxygen atoms in total. The minimum atomic E-state index is -0.625. The topological polar surface area (TPSA) is 80.7 Å². The maximum Gasteiger partial charge on any atom is 0.312 e. The van der Waals surface area contributed by atoms with Crippen LogP contribution in [-0.2, 0) is 19.1 Å². The number of carbonyl (C=O) groups excluding carboxylic acids is 3. The molecule has 9 atom stereocenters. The summed E-state index contributed by atoms with van der Waals surface area (Å²) in [6, 6.07) is 0. The van der Waals surface area contributed by atoms with E-state index < -0.39 is 6.10 Å². The number of carbonyl (C=O) groups is 3. The lowest BCUT2D eigenvalue weighted by atomic mass is 9.48. The highest BCUT2D eigenvalue weighted by Gasteiger charge is 2.61. The van der Waals surface area contributed by atoms with Gasteiger partial charge in [0.15, 0.2) is 5.78 Å². The fraction of sp³-hybridized carbons (Fsp3) is 0.767. The number of aliphatic hydroxyl groups excluding tert-OH is 1. The van der Waals surface area contributed by atoms with Crippen molar-refractivity contribution in [1.82, 2.24) is 0 Å².